The van der Waals surface area contributed by atoms with Gasteiger partial charge in [0.15, 0.2) is 0 Å². The highest BCUT2D eigenvalue weighted by Gasteiger charge is 2.27. The van der Waals surface area contributed by atoms with E-state index in [0.717, 1.165) is 17.4 Å². The number of hydrogen-bond donors (Lipinski definition) is 2. The molecule has 0 atom stereocenters. The van der Waals surface area contributed by atoms with E-state index in [-0.39, 0.29) is 0 Å². The van der Waals surface area contributed by atoms with Crippen LogP contribution < -0.4 is 5.32 Å². The SMILES string of the molecule is CC(C)NCc1ccc2ccn(CC(C)(C)C(=O)O)c2c1. The molecule has 114 valence electrons. The van der Waals surface area contributed by atoms with Crippen molar-refractivity contribution in [2.75, 3.05) is 0 Å². The third-order valence-electron chi connectivity index (χ3n) is 3.70. The maximum absolute atomic E-state index is 11.3. The zero-order valence-corrected chi connectivity index (χ0v) is 13.2. The van der Waals surface area contributed by atoms with Crippen molar-refractivity contribution in [1.82, 2.24) is 9.88 Å². The van der Waals surface area contributed by atoms with E-state index in [0.29, 0.717) is 12.6 Å². The smallest absolute Gasteiger partial charge is 0.310 e. The third-order valence-corrected chi connectivity index (χ3v) is 3.70. The van der Waals surface area contributed by atoms with Gasteiger partial charge >= 0.3 is 5.97 Å². The van der Waals surface area contributed by atoms with Gasteiger partial charge in [0, 0.05) is 30.8 Å². The molecular formula is C17H24N2O2. The van der Waals surface area contributed by atoms with Crippen molar-refractivity contribution in [3.05, 3.63) is 36.0 Å². The Morgan fingerprint density at radius 3 is 2.67 bits per heavy atom. The number of aromatic nitrogens is 1. The number of carboxylic acid groups (broad SMARTS) is 1. The molecule has 0 saturated heterocycles. The number of benzene rings is 1. The van der Waals surface area contributed by atoms with Gasteiger partial charge in [-0.2, -0.15) is 0 Å². The maximum atomic E-state index is 11.3. The van der Waals surface area contributed by atoms with Gasteiger partial charge in [0.1, 0.15) is 0 Å². The molecule has 2 N–H and O–H groups in total. The van der Waals surface area contributed by atoms with Gasteiger partial charge in [0.25, 0.3) is 0 Å². The first kappa shape index (κ1) is 15.6. The van der Waals surface area contributed by atoms with E-state index < -0.39 is 11.4 Å². The lowest BCUT2D eigenvalue weighted by molar-refractivity contribution is -0.147. The topological polar surface area (TPSA) is 54.3 Å². The lowest BCUT2D eigenvalue weighted by atomic mass is 9.94. The summed E-state index contributed by atoms with van der Waals surface area (Å²) in [5.74, 6) is -0.776. The Labute approximate surface area is 125 Å². The molecule has 0 aliphatic carbocycles. The minimum Gasteiger partial charge on any atom is -0.481 e. The van der Waals surface area contributed by atoms with Crippen molar-refractivity contribution in [2.24, 2.45) is 5.41 Å². The zero-order chi connectivity index (χ0) is 15.6. The molecule has 0 saturated carbocycles. The van der Waals surface area contributed by atoms with E-state index in [1.54, 1.807) is 13.8 Å². The Balaban J connectivity index is 2.28. The predicted molar refractivity (Wildman–Crippen MR) is 85.3 cm³/mol. The summed E-state index contributed by atoms with van der Waals surface area (Å²) in [5.41, 5.74) is 1.52. The highest BCUT2D eigenvalue weighted by atomic mass is 16.4. The first-order valence-electron chi connectivity index (χ1n) is 7.34. The molecule has 1 aromatic heterocycles. The summed E-state index contributed by atoms with van der Waals surface area (Å²) >= 11 is 0. The largest absolute Gasteiger partial charge is 0.481 e. The second-order valence-electron chi connectivity index (χ2n) is 6.56. The molecule has 0 unspecified atom stereocenters. The second-order valence-corrected chi connectivity index (χ2v) is 6.56. The lowest BCUT2D eigenvalue weighted by Gasteiger charge is -2.20. The van der Waals surface area contributed by atoms with Gasteiger partial charge in [-0.05, 0) is 36.9 Å². The molecule has 1 heterocycles. The standard InChI is InChI=1S/C17H24N2O2/c1-12(2)18-10-13-5-6-14-7-8-19(15(14)9-13)11-17(3,4)16(20)21/h5-9,12,18H,10-11H2,1-4H3,(H,20,21). The average molecular weight is 288 g/mol. The highest BCUT2D eigenvalue weighted by Crippen LogP contribution is 2.24. The van der Waals surface area contributed by atoms with Crippen LogP contribution in [-0.2, 0) is 17.9 Å². The maximum Gasteiger partial charge on any atom is 0.310 e. The van der Waals surface area contributed by atoms with Gasteiger partial charge in [-0.25, -0.2) is 0 Å². The van der Waals surface area contributed by atoms with Crippen LogP contribution in [0.4, 0.5) is 0 Å². The molecule has 0 spiro atoms. The molecular weight excluding hydrogens is 264 g/mol. The van der Waals surface area contributed by atoms with Crippen molar-refractivity contribution in [2.45, 2.75) is 46.8 Å². The number of nitrogens with one attached hydrogen (secondary N) is 1. The number of fused-ring (bicyclic) bond motifs is 1. The van der Waals surface area contributed by atoms with Crippen LogP contribution >= 0.6 is 0 Å². The van der Waals surface area contributed by atoms with Crippen LogP contribution in [0.25, 0.3) is 10.9 Å². The average Bonchev–Trinajstić information content (AvgIpc) is 2.78. The molecule has 0 aliphatic heterocycles. The van der Waals surface area contributed by atoms with E-state index in [1.807, 2.05) is 16.8 Å². The zero-order valence-electron chi connectivity index (χ0n) is 13.2. The summed E-state index contributed by atoms with van der Waals surface area (Å²) in [6.07, 6.45) is 1.97. The molecule has 0 aliphatic rings. The van der Waals surface area contributed by atoms with Gasteiger partial charge in [0.2, 0.25) is 0 Å². The summed E-state index contributed by atoms with van der Waals surface area (Å²) < 4.78 is 2.03. The predicted octanol–water partition coefficient (Wildman–Crippen LogP) is 3.25. The van der Waals surface area contributed by atoms with Crippen molar-refractivity contribution < 1.29 is 9.90 Å². The van der Waals surface area contributed by atoms with Gasteiger partial charge in [0.05, 0.1) is 5.41 Å². The Kier molecular flexibility index (Phi) is 4.37. The van der Waals surface area contributed by atoms with Gasteiger partial charge in [-0.15, -0.1) is 0 Å². The quantitative estimate of drug-likeness (QED) is 0.858. The summed E-state index contributed by atoms with van der Waals surface area (Å²) in [5, 5.41) is 13.8. The van der Waals surface area contributed by atoms with Crippen LogP contribution in [0.15, 0.2) is 30.5 Å². The summed E-state index contributed by atoms with van der Waals surface area (Å²) in [7, 11) is 0. The Hall–Kier alpha value is -1.81. The van der Waals surface area contributed by atoms with Crippen molar-refractivity contribution >= 4 is 16.9 Å². The van der Waals surface area contributed by atoms with E-state index in [2.05, 4.69) is 37.4 Å². The van der Waals surface area contributed by atoms with Gasteiger partial charge in [-0.3, -0.25) is 4.79 Å². The molecule has 1 aromatic carbocycles. The third kappa shape index (κ3) is 3.64. The van der Waals surface area contributed by atoms with Crippen molar-refractivity contribution in [3.8, 4) is 0 Å². The fourth-order valence-corrected chi connectivity index (χ4v) is 2.29. The Morgan fingerprint density at radius 1 is 1.33 bits per heavy atom. The normalized spacial score (nSPS) is 12.2. The molecule has 4 heteroatoms. The first-order chi connectivity index (χ1) is 9.79. The lowest BCUT2D eigenvalue weighted by Crippen LogP contribution is -2.28. The van der Waals surface area contributed by atoms with Crippen LogP contribution in [0.1, 0.15) is 33.3 Å². The molecule has 21 heavy (non-hydrogen) atoms. The van der Waals surface area contributed by atoms with E-state index in [4.69, 9.17) is 0 Å². The monoisotopic (exact) mass is 288 g/mol. The molecule has 0 fully saturated rings. The van der Waals surface area contributed by atoms with Crippen LogP contribution in [-0.4, -0.2) is 21.7 Å². The van der Waals surface area contributed by atoms with Crippen LogP contribution in [0.5, 0.6) is 0 Å². The molecule has 2 rings (SSSR count). The number of aliphatic carboxylic acids is 1. The van der Waals surface area contributed by atoms with E-state index in [9.17, 15) is 9.90 Å². The minimum absolute atomic E-state index is 0.443. The number of hydrogen-bond acceptors (Lipinski definition) is 2. The van der Waals surface area contributed by atoms with Gasteiger partial charge < -0.3 is 15.0 Å². The molecule has 0 amide bonds. The Bertz CT molecular complexity index is 641. The molecule has 2 aromatic rings. The fraction of sp³-hybridized carbons (Fsp3) is 0.471. The number of rotatable bonds is 6. The first-order valence-corrected chi connectivity index (χ1v) is 7.34. The number of carboxylic acids is 1. The molecule has 4 nitrogen and oxygen atoms in total. The van der Waals surface area contributed by atoms with E-state index in [1.165, 1.54) is 5.56 Å². The van der Waals surface area contributed by atoms with E-state index >= 15 is 0 Å². The van der Waals surface area contributed by atoms with Gasteiger partial charge in [-0.1, -0.05) is 26.0 Å². The summed E-state index contributed by atoms with van der Waals surface area (Å²) in [4.78, 5) is 11.3. The summed E-state index contributed by atoms with van der Waals surface area (Å²) in [6.45, 7) is 9.04. The van der Waals surface area contributed by atoms with Crippen molar-refractivity contribution in [1.29, 1.82) is 0 Å². The molecule has 0 radical (unpaired) electrons. The number of nitrogens with zero attached hydrogens (tertiary/aromatic N) is 1. The number of carbonyl (C=O) groups is 1. The van der Waals surface area contributed by atoms with Crippen molar-refractivity contribution in [3.63, 3.8) is 0 Å². The minimum atomic E-state index is -0.780. The van der Waals surface area contributed by atoms with Crippen LogP contribution in [0, 0.1) is 5.41 Å². The molecule has 0 bridgehead atoms. The highest BCUT2D eigenvalue weighted by molar-refractivity contribution is 5.81. The van der Waals surface area contributed by atoms with Crippen LogP contribution in [0.3, 0.4) is 0 Å². The Morgan fingerprint density at radius 2 is 2.05 bits per heavy atom. The van der Waals surface area contributed by atoms with Crippen LogP contribution in [0.2, 0.25) is 0 Å². The second kappa shape index (κ2) is 5.90. The fourth-order valence-electron chi connectivity index (χ4n) is 2.29. The summed E-state index contributed by atoms with van der Waals surface area (Å²) in [6, 6.07) is 8.83.